The van der Waals surface area contributed by atoms with Gasteiger partial charge < -0.3 is 10.2 Å². The lowest BCUT2D eigenvalue weighted by Crippen LogP contribution is -2.37. The van der Waals surface area contributed by atoms with Gasteiger partial charge in [0.15, 0.2) is 0 Å². The fourth-order valence-electron chi connectivity index (χ4n) is 2.66. The van der Waals surface area contributed by atoms with E-state index in [0.717, 1.165) is 32.0 Å². The molecule has 1 aliphatic rings. The highest BCUT2D eigenvalue weighted by molar-refractivity contribution is 8.13. The van der Waals surface area contributed by atoms with Crippen LogP contribution in [0.25, 0.3) is 0 Å². The summed E-state index contributed by atoms with van der Waals surface area (Å²) in [7, 11) is 0. The molecule has 27 heavy (non-hydrogen) atoms. The molecule has 1 amide bonds. The molecule has 8 heteroatoms. The van der Waals surface area contributed by atoms with Crippen LogP contribution in [0.3, 0.4) is 0 Å². The number of nitrogens with zero attached hydrogens (tertiary/aromatic N) is 2. The molecule has 154 valence electrons. The van der Waals surface area contributed by atoms with Crippen LogP contribution in [0.5, 0.6) is 0 Å². The van der Waals surface area contributed by atoms with E-state index in [-0.39, 0.29) is 11.6 Å². The SMILES string of the molecule is CCC/C=C(NCCCN1CCCCC1=O)/C(=C\N=C(C)SC)C(F)(F)F. The number of unbranched alkanes of at least 4 members (excludes halogenated alkanes) is 1. The molecule has 1 saturated heterocycles. The van der Waals surface area contributed by atoms with Crippen LogP contribution in [0.4, 0.5) is 13.2 Å². The van der Waals surface area contributed by atoms with Gasteiger partial charge in [-0.1, -0.05) is 19.4 Å². The van der Waals surface area contributed by atoms with E-state index in [4.69, 9.17) is 0 Å². The van der Waals surface area contributed by atoms with Crippen LogP contribution in [-0.4, -0.2) is 47.9 Å². The van der Waals surface area contributed by atoms with Gasteiger partial charge >= 0.3 is 6.18 Å². The Morgan fingerprint density at radius 2 is 2.11 bits per heavy atom. The second-order valence-corrected chi connectivity index (χ2v) is 7.42. The number of alkyl halides is 3. The average molecular weight is 406 g/mol. The molecule has 0 atom stereocenters. The maximum absolute atomic E-state index is 13.5. The number of piperidine rings is 1. The number of nitrogens with one attached hydrogen (secondary N) is 1. The summed E-state index contributed by atoms with van der Waals surface area (Å²) in [5, 5.41) is 3.48. The number of halogens is 3. The number of carbonyl (C=O) groups excluding carboxylic acids is 1. The Hall–Kier alpha value is -1.44. The zero-order chi connectivity index (χ0) is 20.3. The standard InChI is InChI=1S/C19H30F3N3OS/c1-4-5-9-17(16(19(20,21)22)14-24-15(2)27-3)23-11-8-13-25-12-7-6-10-18(25)26/h9,14,23H,4-8,10-13H2,1-3H3/b16-14+,17-9-,24-15?. The highest BCUT2D eigenvalue weighted by atomic mass is 32.2. The van der Waals surface area contributed by atoms with Crippen molar-refractivity contribution in [1.29, 1.82) is 0 Å². The third kappa shape index (κ3) is 8.86. The maximum atomic E-state index is 13.5. The topological polar surface area (TPSA) is 44.7 Å². The Bertz CT molecular complexity index is 571. The fraction of sp³-hybridized carbons (Fsp3) is 0.684. The molecule has 0 bridgehead atoms. The van der Waals surface area contributed by atoms with Crippen molar-refractivity contribution in [2.75, 3.05) is 25.9 Å². The van der Waals surface area contributed by atoms with Crippen molar-refractivity contribution < 1.29 is 18.0 Å². The average Bonchev–Trinajstić information content (AvgIpc) is 2.62. The summed E-state index contributed by atoms with van der Waals surface area (Å²) in [4.78, 5) is 17.5. The summed E-state index contributed by atoms with van der Waals surface area (Å²) in [6.07, 6.45) is 4.16. The zero-order valence-electron chi connectivity index (χ0n) is 16.4. The molecule has 0 saturated carbocycles. The first-order valence-electron chi connectivity index (χ1n) is 9.37. The molecule has 0 aromatic rings. The third-order valence-electron chi connectivity index (χ3n) is 4.25. The molecule has 1 heterocycles. The van der Waals surface area contributed by atoms with Gasteiger partial charge in [-0.15, -0.1) is 11.8 Å². The number of allylic oxidation sites excluding steroid dienone is 2. The van der Waals surface area contributed by atoms with Gasteiger partial charge in [-0.05, 0) is 38.9 Å². The van der Waals surface area contributed by atoms with Crippen LogP contribution in [0.1, 0.15) is 52.4 Å². The van der Waals surface area contributed by atoms with Gasteiger partial charge in [0.1, 0.15) is 0 Å². The highest BCUT2D eigenvalue weighted by Crippen LogP contribution is 2.31. The number of likely N-dealkylation sites (tertiary alicyclic amines) is 1. The van der Waals surface area contributed by atoms with Gasteiger partial charge in [0.25, 0.3) is 0 Å². The second-order valence-electron chi connectivity index (χ2n) is 6.42. The number of hydrogen-bond acceptors (Lipinski definition) is 4. The molecule has 1 fully saturated rings. The number of carbonyl (C=O) groups is 1. The van der Waals surface area contributed by atoms with E-state index in [0.29, 0.717) is 37.4 Å². The fourth-order valence-corrected chi connectivity index (χ4v) is 2.82. The summed E-state index contributed by atoms with van der Waals surface area (Å²) >= 11 is 1.31. The molecule has 0 aromatic heterocycles. The number of aliphatic imine (C=N–C) groups is 1. The first-order chi connectivity index (χ1) is 12.8. The van der Waals surface area contributed by atoms with Gasteiger partial charge in [0, 0.05) is 38.0 Å². The summed E-state index contributed by atoms with van der Waals surface area (Å²) in [5.41, 5.74) is -0.703. The molecule has 0 unspecified atom stereocenters. The van der Waals surface area contributed by atoms with Crippen molar-refractivity contribution in [2.24, 2.45) is 4.99 Å². The minimum absolute atomic E-state index is 0.0620. The second kappa shape index (κ2) is 12.1. The number of thioether (sulfide) groups is 1. The largest absolute Gasteiger partial charge is 0.419 e. The molecule has 0 radical (unpaired) electrons. The molecule has 0 spiro atoms. The van der Waals surface area contributed by atoms with Crippen molar-refractivity contribution >= 4 is 22.7 Å². The molecular weight excluding hydrogens is 375 g/mol. The number of rotatable bonds is 9. The first kappa shape index (κ1) is 23.6. The van der Waals surface area contributed by atoms with Crippen LogP contribution in [-0.2, 0) is 4.79 Å². The first-order valence-corrected chi connectivity index (χ1v) is 10.6. The lowest BCUT2D eigenvalue weighted by atomic mass is 10.1. The quantitative estimate of drug-likeness (QED) is 0.257. The molecule has 0 aliphatic carbocycles. The third-order valence-corrected chi connectivity index (χ3v) is 4.94. The van der Waals surface area contributed by atoms with Gasteiger partial charge in [0.05, 0.1) is 10.6 Å². The van der Waals surface area contributed by atoms with Gasteiger partial charge in [-0.2, -0.15) is 13.2 Å². The number of amides is 1. The van der Waals surface area contributed by atoms with Crippen LogP contribution >= 0.6 is 11.8 Å². The van der Waals surface area contributed by atoms with Crippen molar-refractivity contribution in [3.8, 4) is 0 Å². The van der Waals surface area contributed by atoms with Gasteiger partial charge in [-0.25, -0.2) is 0 Å². The Labute approximate surface area is 164 Å². The molecule has 0 aromatic carbocycles. The molecule has 1 rings (SSSR count). The monoisotopic (exact) mass is 405 g/mol. The van der Waals surface area contributed by atoms with Gasteiger partial charge in [0.2, 0.25) is 5.91 Å². The molecule has 1 aliphatic heterocycles. The van der Waals surface area contributed by atoms with Crippen LogP contribution in [0, 0.1) is 0 Å². The minimum atomic E-state index is -4.49. The van der Waals surface area contributed by atoms with Crippen molar-refractivity contribution in [2.45, 2.75) is 58.5 Å². The number of hydrogen-bond donors (Lipinski definition) is 1. The summed E-state index contributed by atoms with van der Waals surface area (Å²) in [6.45, 7) is 5.28. The Morgan fingerprint density at radius 1 is 1.37 bits per heavy atom. The smallest absolute Gasteiger partial charge is 0.385 e. The molecule has 4 nitrogen and oxygen atoms in total. The zero-order valence-corrected chi connectivity index (χ0v) is 17.2. The highest BCUT2D eigenvalue weighted by Gasteiger charge is 2.36. The normalized spacial score (nSPS) is 17.5. The van der Waals surface area contributed by atoms with Crippen molar-refractivity contribution in [3.05, 3.63) is 23.5 Å². The minimum Gasteiger partial charge on any atom is -0.385 e. The van der Waals surface area contributed by atoms with Crippen molar-refractivity contribution in [3.63, 3.8) is 0 Å². The van der Waals surface area contributed by atoms with E-state index in [1.807, 2.05) is 6.92 Å². The Morgan fingerprint density at radius 3 is 2.70 bits per heavy atom. The summed E-state index contributed by atoms with van der Waals surface area (Å²) in [5.74, 6) is 0.140. The summed E-state index contributed by atoms with van der Waals surface area (Å²) < 4.78 is 40.6. The van der Waals surface area contributed by atoms with E-state index < -0.39 is 11.7 Å². The molecule has 1 N–H and O–H groups in total. The van der Waals surface area contributed by atoms with E-state index in [1.165, 1.54) is 11.8 Å². The predicted molar refractivity (Wildman–Crippen MR) is 107 cm³/mol. The van der Waals surface area contributed by atoms with E-state index in [1.54, 1.807) is 24.2 Å². The summed E-state index contributed by atoms with van der Waals surface area (Å²) in [6, 6.07) is 0. The van der Waals surface area contributed by atoms with Crippen LogP contribution in [0.15, 0.2) is 28.5 Å². The Kier molecular flexibility index (Phi) is 10.6. The Balaban J connectivity index is 2.78. The van der Waals surface area contributed by atoms with E-state index >= 15 is 0 Å². The van der Waals surface area contributed by atoms with Crippen LogP contribution < -0.4 is 5.32 Å². The van der Waals surface area contributed by atoms with Crippen LogP contribution in [0.2, 0.25) is 0 Å². The lowest BCUT2D eigenvalue weighted by Gasteiger charge is -2.27. The van der Waals surface area contributed by atoms with Crippen molar-refractivity contribution in [1.82, 2.24) is 10.2 Å². The van der Waals surface area contributed by atoms with E-state index in [9.17, 15) is 18.0 Å². The lowest BCUT2D eigenvalue weighted by molar-refractivity contribution is -0.133. The predicted octanol–water partition coefficient (Wildman–Crippen LogP) is 4.89. The van der Waals surface area contributed by atoms with E-state index in [2.05, 4.69) is 10.3 Å². The maximum Gasteiger partial charge on any atom is 0.419 e. The molecular formula is C19H30F3N3OS. The van der Waals surface area contributed by atoms with Gasteiger partial charge in [-0.3, -0.25) is 9.79 Å².